The van der Waals surface area contributed by atoms with Crippen LogP contribution < -0.4 is 4.74 Å². The molecule has 0 saturated heterocycles. The lowest BCUT2D eigenvalue weighted by Crippen LogP contribution is -1.95. The Morgan fingerprint density at radius 2 is 2.20 bits per heavy atom. The number of nitro groups is 1. The van der Waals surface area contributed by atoms with Crippen LogP contribution in [0, 0.1) is 10.1 Å². The van der Waals surface area contributed by atoms with Crippen molar-refractivity contribution in [2.75, 3.05) is 7.11 Å². The van der Waals surface area contributed by atoms with E-state index in [2.05, 4.69) is 4.98 Å². The number of rotatable bonds is 2. The molecule has 1 aromatic heterocycles. The Morgan fingerprint density at radius 1 is 1.40 bits per heavy atom. The van der Waals surface area contributed by atoms with Crippen LogP contribution in [0.25, 0.3) is 10.9 Å². The van der Waals surface area contributed by atoms with E-state index in [1.54, 1.807) is 24.3 Å². The number of benzene rings is 1. The summed E-state index contributed by atoms with van der Waals surface area (Å²) < 4.78 is 4.93. The predicted molar refractivity (Wildman–Crippen MR) is 54.9 cm³/mol. The molecule has 0 bridgehead atoms. The third-order valence-electron chi connectivity index (χ3n) is 2.11. The third-order valence-corrected chi connectivity index (χ3v) is 2.11. The van der Waals surface area contributed by atoms with E-state index in [0.717, 1.165) is 5.39 Å². The standard InChI is InChI=1S/C10H8N2O3/c1-15-8-5-4-7-3-2-6-11-9(7)10(8)12(13)14/h2-6H,1H3. The van der Waals surface area contributed by atoms with E-state index in [4.69, 9.17) is 4.74 Å². The summed E-state index contributed by atoms with van der Waals surface area (Å²) in [6, 6.07) is 6.82. The van der Waals surface area contributed by atoms with Crippen molar-refractivity contribution in [2.24, 2.45) is 0 Å². The summed E-state index contributed by atoms with van der Waals surface area (Å²) in [5, 5.41) is 11.6. The van der Waals surface area contributed by atoms with Gasteiger partial charge in [0.05, 0.1) is 12.0 Å². The lowest BCUT2D eigenvalue weighted by atomic mass is 10.2. The van der Waals surface area contributed by atoms with Gasteiger partial charge in [-0.15, -0.1) is 0 Å². The average Bonchev–Trinajstić information content (AvgIpc) is 2.27. The van der Waals surface area contributed by atoms with Crippen molar-refractivity contribution in [3.8, 4) is 5.75 Å². The molecule has 76 valence electrons. The number of methoxy groups -OCH3 is 1. The van der Waals surface area contributed by atoms with Gasteiger partial charge in [-0.25, -0.2) is 4.98 Å². The summed E-state index contributed by atoms with van der Waals surface area (Å²) in [6.07, 6.45) is 1.52. The van der Waals surface area contributed by atoms with Crippen LogP contribution in [-0.2, 0) is 0 Å². The molecule has 0 radical (unpaired) electrons. The number of nitrogens with zero attached hydrogens (tertiary/aromatic N) is 2. The number of aromatic nitrogens is 1. The van der Waals surface area contributed by atoms with Gasteiger partial charge in [-0.3, -0.25) is 10.1 Å². The van der Waals surface area contributed by atoms with Crippen molar-refractivity contribution in [1.29, 1.82) is 0 Å². The van der Waals surface area contributed by atoms with Crippen molar-refractivity contribution < 1.29 is 9.66 Å². The zero-order chi connectivity index (χ0) is 10.8. The minimum atomic E-state index is -0.478. The fourth-order valence-corrected chi connectivity index (χ4v) is 1.45. The van der Waals surface area contributed by atoms with Gasteiger partial charge in [-0.05, 0) is 18.2 Å². The molecular weight excluding hydrogens is 196 g/mol. The fraction of sp³-hybridized carbons (Fsp3) is 0.100. The van der Waals surface area contributed by atoms with Gasteiger partial charge in [0.25, 0.3) is 0 Å². The molecule has 0 aliphatic carbocycles. The highest BCUT2D eigenvalue weighted by molar-refractivity contribution is 5.89. The van der Waals surface area contributed by atoms with Crippen molar-refractivity contribution in [2.45, 2.75) is 0 Å². The molecular formula is C10H8N2O3. The van der Waals surface area contributed by atoms with E-state index in [1.165, 1.54) is 13.3 Å². The molecule has 0 aliphatic heterocycles. The zero-order valence-electron chi connectivity index (χ0n) is 8.01. The molecule has 0 atom stereocenters. The van der Waals surface area contributed by atoms with E-state index in [0.29, 0.717) is 5.52 Å². The topological polar surface area (TPSA) is 65.3 Å². The first-order valence-corrected chi connectivity index (χ1v) is 4.30. The van der Waals surface area contributed by atoms with Gasteiger partial charge in [0, 0.05) is 11.6 Å². The summed E-state index contributed by atoms with van der Waals surface area (Å²) in [5.74, 6) is 0.228. The molecule has 0 unspecified atom stereocenters. The number of hydrogen-bond acceptors (Lipinski definition) is 4. The fourth-order valence-electron chi connectivity index (χ4n) is 1.45. The Morgan fingerprint density at radius 3 is 2.87 bits per heavy atom. The van der Waals surface area contributed by atoms with Gasteiger partial charge in [0.15, 0.2) is 11.3 Å². The minimum Gasteiger partial charge on any atom is -0.490 e. The Bertz CT molecular complexity index is 525. The van der Waals surface area contributed by atoms with Crippen LogP contribution in [0.4, 0.5) is 5.69 Å². The van der Waals surface area contributed by atoms with Crippen molar-refractivity contribution >= 4 is 16.6 Å². The first-order valence-electron chi connectivity index (χ1n) is 4.30. The van der Waals surface area contributed by atoms with Crippen LogP contribution in [0.1, 0.15) is 0 Å². The summed E-state index contributed by atoms with van der Waals surface area (Å²) in [4.78, 5) is 14.4. The number of fused-ring (bicyclic) bond motifs is 1. The molecule has 2 aromatic rings. The largest absolute Gasteiger partial charge is 0.490 e. The SMILES string of the molecule is COc1ccc2cccnc2c1[N+](=O)[O-]. The molecule has 0 amide bonds. The molecule has 15 heavy (non-hydrogen) atoms. The molecule has 2 rings (SSSR count). The zero-order valence-corrected chi connectivity index (χ0v) is 8.01. The van der Waals surface area contributed by atoms with E-state index in [9.17, 15) is 10.1 Å². The average molecular weight is 204 g/mol. The maximum Gasteiger partial charge on any atom is 0.336 e. The molecule has 0 spiro atoms. The second-order valence-electron chi connectivity index (χ2n) is 2.95. The normalized spacial score (nSPS) is 10.2. The van der Waals surface area contributed by atoms with Crippen LogP contribution in [0.15, 0.2) is 30.5 Å². The highest BCUT2D eigenvalue weighted by Gasteiger charge is 2.19. The maximum atomic E-state index is 10.9. The highest BCUT2D eigenvalue weighted by atomic mass is 16.6. The molecule has 5 heteroatoms. The van der Waals surface area contributed by atoms with E-state index in [-0.39, 0.29) is 11.4 Å². The number of pyridine rings is 1. The molecule has 0 N–H and O–H groups in total. The van der Waals surface area contributed by atoms with Crippen LogP contribution in [-0.4, -0.2) is 17.0 Å². The summed E-state index contributed by atoms with van der Waals surface area (Å²) in [7, 11) is 1.40. The first-order chi connectivity index (χ1) is 7.24. The van der Waals surface area contributed by atoms with Gasteiger partial charge >= 0.3 is 5.69 Å². The Hall–Kier alpha value is -2.17. The minimum absolute atomic E-state index is 0.0874. The smallest absolute Gasteiger partial charge is 0.336 e. The predicted octanol–water partition coefficient (Wildman–Crippen LogP) is 2.15. The number of hydrogen-bond donors (Lipinski definition) is 0. The summed E-state index contributed by atoms with van der Waals surface area (Å²) in [6.45, 7) is 0. The molecule has 0 saturated carbocycles. The lowest BCUT2D eigenvalue weighted by Gasteiger charge is -2.03. The summed E-state index contributed by atoms with van der Waals surface area (Å²) in [5.41, 5.74) is 0.262. The Labute approximate surface area is 85.5 Å². The Balaban J connectivity index is 2.85. The van der Waals surface area contributed by atoms with Gasteiger partial charge in [0.1, 0.15) is 0 Å². The van der Waals surface area contributed by atoms with Gasteiger partial charge in [-0.2, -0.15) is 0 Å². The maximum absolute atomic E-state index is 10.9. The molecule has 5 nitrogen and oxygen atoms in total. The van der Waals surface area contributed by atoms with Crippen LogP contribution in [0.3, 0.4) is 0 Å². The van der Waals surface area contributed by atoms with Crippen LogP contribution in [0.5, 0.6) is 5.75 Å². The van der Waals surface area contributed by atoms with Crippen LogP contribution >= 0.6 is 0 Å². The number of nitro benzene ring substituents is 1. The Kier molecular flexibility index (Phi) is 2.21. The molecule has 0 fully saturated rings. The van der Waals surface area contributed by atoms with Gasteiger partial charge in [-0.1, -0.05) is 6.07 Å². The van der Waals surface area contributed by atoms with Gasteiger partial charge in [0.2, 0.25) is 0 Å². The van der Waals surface area contributed by atoms with E-state index >= 15 is 0 Å². The molecule has 1 heterocycles. The third kappa shape index (κ3) is 1.48. The second-order valence-corrected chi connectivity index (χ2v) is 2.95. The molecule has 1 aromatic carbocycles. The van der Waals surface area contributed by atoms with Crippen LogP contribution in [0.2, 0.25) is 0 Å². The second kappa shape index (κ2) is 3.53. The monoisotopic (exact) mass is 204 g/mol. The van der Waals surface area contributed by atoms with E-state index < -0.39 is 4.92 Å². The summed E-state index contributed by atoms with van der Waals surface area (Å²) >= 11 is 0. The van der Waals surface area contributed by atoms with Crippen molar-refractivity contribution in [1.82, 2.24) is 4.98 Å². The highest BCUT2D eigenvalue weighted by Crippen LogP contribution is 2.33. The van der Waals surface area contributed by atoms with E-state index in [1.807, 2.05) is 0 Å². The number of ether oxygens (including phenoxy) is 1. The molecule has 0 aliphatic rings. The quantitative estimate of drug-likeness (QED) is 0.555. The van der Waals surface area contributed by atoms with Crippen molar-refractivity contribution in [3.05, 3.63) is 40.6 Å². The lowest BCUT2D eigenvalue weighted by molar-refractivity contribution is -0.384. The first kappa shape index (κ1) is 9.39. The van der Waals surface area contributed by atoms with Crippen molar-refractivity contribution in [3.63, 3.8) is 0 Å². The van der Waals surface area contributed by atoms with Gasteiger partial charge < -0.3 is 4.74 Å².